The van der Waals surface area contributed by atoms with Crippen LogP contribution in [0.4, 0.5) is 24.5 Å². The maximum atomic E-state index is 12.9. The molecule has 0 saturated carbocycles. The Kier molecular flexibility index (Phi) is 7.70. The highest BCUT2D eigenvalue weighted by Gasteiger charge is 2.30. The third-order valence-electron chi connectivity index (χ3n) is 4.71. The number of anilines is 2. The Morgan fingerprint density at radius 1 is 0.886 bits per heavy atom. The molecule has 0 aromatic heterocycles. The van der Waals surface area contributed by atoms with Gasteiger partial charge in [0.2, 0.25) is 5.91 Å². The molecule has 0 aliphatic heterocycles. The standard InChI is InChI=1S/C24H21F3N2O5S/c1-33-21-12-6-16(14-22(21)34-2)7-13-23(30)28-18-8-10-20(11-9-18)35(31,32)29-19-5-3-4-17(15-19)24(25,26)27/h3-15,29H,1-2H3,(H,28,30)/b13-7+. The van der Waals surface area contributed by atoms with E-state index in [9.17, 15) is 26.4 Å². The predicted molar refractivity (Wildman–Crippen MR) is 126 cm³/mol. The molecule has 3 rings (SSSR count). The predicted octanol–water partition coefficient (Wildman–Crippen LogP) is 5.18. The van der Waals surface area contributed by atoms with Crippen LogP contribution in [-0.2, 0) is 21.0 Å². The second-order valence-corrected chi connectivity index (χ2v) is 8.83. The van der Waals surface area contributed by atoms with Gasteiger partial charge in [0.1, 0.15) is 0 Å². The Labute approximate surface area is 200 Å². The quantitative estimate of drug-likeness (QED) is 0.411. The second-order valence-electron chi connectivity index (χ2n) is 7.15. The SMILES string of the molecule is COc1ccc(/C=C/C(=O)Nc2ccc(S(=O)(=O)Nc3cccc(C(F)(F)F)c3)cc2)cc1OC. The number of nitrogens with one attached hydrogen (secondary N) is 2. The fourth-order valence-electron chi connectivity index (χ4n) is 3.00. The molecule has 1 amide bonds. The highest BCUT2D eigenvalue weighted by molar-refractivity contribution is 7.92. The Morgan fingerprint density at radius 3 is 2.20 bits per heavy atom. The van der Waals surface area contributed by atoms with Crippen molar-refractivity contribution >= 4 is 33.4 Å². The van der Waals surface area contributed by atoms with Gasteiger partial charge in [0.15, 0.2) is 11.5 Å². The van der Waals surface area contributed by atoms with Crippen LogP contribution in [0.15, 0.2) is 77.7 Å². The van der Waals surface area contributed by atoms with Crippen molar-refractivity contribution in [2.75, 3.05) is 24.3 Å². The highest BCUT2D eigenvalue weighted by atomic mass is 32.2. The van der Waals surface area contributed by atoms with Gasteiger partial charge in [-0.2, -0.15) is 13.2 Å². The van der Waals surface area contributed by atoms with E-state index in [-0.39, 0.29) is 10.6 Å². The molecule has 0 bridgehead atoms. The molecular formula is C24H21F3N2O5S. The fourth-order valence-corrected chi connectivity index (χ4v) is 4.05. The maximum absolute atomic E-state index is 12.9. The van der Waals surface area contributed by atoms with E-state index >= 15 is 0 Å². The van der Waals surface area contributed by atoms with Crippen molar-refractivity contribution < 1.29 is 35.9 Å². The molecule has 35 heavy (non-hydrogen) atoms. The summed E-state index contributed by atoms with van der Waals surface area (Å²) in [6.45, 7) is 0. The van der Waals surface area contributed by atoms with Gasteiger partial charge in [-0.15, -0.1) is 0 Å². The molecule has 0 fully saturated rings. The van der Waals surface area contributed by atoms with Crippen molar-refractivity contribution in [2.45, 2.75) is 11.1 Å². The van der Waals surface area contributed by atoms with E-state index in [0.717, 1.165) is 12.1 Å². The minimum atomic E-state index is -4.60. The summed E-state index contributed by atoms with van der Waals surface area (Å²) in [6.07, 6.45) is -1.74. The first-order valence-electron chi connectivity index (χ1n) is 10.0. The number of carbonyl (C=O) groups excluding carboxylic acids is 1. The zero-order valence-corrected chi connectivity index (χ0v) is 19.4. The third-order valence-corrected chi connectivity index (χ3v) is 6.11. The topological polar surface area (TPSA) is 93.7 Å². The first-order valence-corrected chi connectivity index (χ1v) is 11.5. The van der Waals surface area contributed by atoms with Gasteiger partial charge in [-0.05, 0) is 66.2 Å². The Bertz CT molecular complexity index is 1340. The lowest BCUT2D eigenvalue weighted by Crippen LogP contribution is -2.14. The van der Waals surface area contributed by atoms with E-state index in [0.29, 0.717) is 28.8 Å². The van der Waals surface area contributed by atoms with E-state index in [1.807, 2.05) is 0 Å². The molecule has 0 heterocycles. The molecule has 0 atom stereocenters. The molecule has 0 aliphatic rings. The molecule has 3 aromatic rings. The summed E-state index contributed by atoms with van der Waals surface area (Å²) in [5, 5.41) is 2.59. The average Bonchev–Trinajstić information content (AvgIpc) is 2.82. The van der Waals surface area contributed by atoms with Crippen molar-refractivity contribution in [3.8, 4) is 11.5 Å². The number of benzene rings is 3. The molecule has 0 saturated heterocycles. The van der Waals surface area contributed by atoms with Crippen LogP contribution < -0.4 is 19.5 Å². The number of ether oxygens (including phenoxy) is 2. The third kappa shape index (κ3) is 6.76. The van der Waals surface area contributed by atoms with Gasteiger partial charge < -0.3 is 14.8 Å². The second kappa shape index (κ2) is 10.5. The van der Waals surface area contributed by atoms with Crippen LogP contribution in [0.3, 0.4) is 0 Å². The number of alkyl halides is 3. The Morgan fingerprint density at radius 2 is 1.57 bits per heavy atom. The first-order chi connectivity index (χ1) is 16.5. The zero-order chi connectivity index (χ0) is 25.6. The lowest BCUT2D eigenvalue weighted by Gasteiger charge is -2.11. The van der Waals surface area contributed by atoms with Crippen molar-refractivity contribution in [1.82, 2.24) is 0 Å². The zero-order valence-electron chi connectivity index (χ0n) is 18.6. The van der Waals surface area contributed by atoms with Gasteiger partial charge in [-0.3, -0.25) is 9.52 Å². The minimum absolute atomic E-state index is 0.186. The fraction of sp³-hybridized carbons (Fsp3) is 0.125. The molecule has 3 aromatic carbocycles. The molecule has 0 radical (unpaired) electrons. The molecule has 0 aliphatic carbocycles. The van der Waals surface area contributed by atoms with Crippen LogP contribution >= 0.6 is 0 Å². The molecule has 2 N–H and O–H groups in total. The van der Waals surface area contributed by atoms with Gasteiger partial charge >= 0.3 is 6.18 Å². The van der Waals surface area contributed by atoms with Gasteiger partial charge in [0.05, 0.1) is 24.7 Å². The smallest absolute Gasteiger partial charge is 0.416 e. The summed E-state index contributed by atoms with van der Waals surface area (Å²) < 4.78 is 76.2. The monoisotopic (exact) mass is 506 g/mol. The molecule has 0 unspecified atom stereocenters. The van der Waals surface area contributed by atoms with Crippen LogP contribution in [0, 0.1) is 0 Å². The van der Waals surface area contributed by atoms with Crippen molar-refractivity contribution in [2.24, 2.45) is 0 Å². The Balaban J connectivity index is 1.66. The van der Waals surface area contributed by atoms with Crippen LogP contribution in [0.5, 0.6) is 11.5 Å². The summed E-state index contributed by atoms with van der Waals surface area (Å²) in [5.74, 6) is 0.592. The summed E-state index contributed by atoms with van der Waals surface area (Å²) in [5.41, 5.74) is -0.181. The molecule has 11 heteroatoms. The molecule has 0 spiro atoms. The van der Waals surface area contributed by atoms with Crippen LogP contribution in [-0.4, -0.2) is 28.5 Å². The van der Waals surface area contributed by atoms with Gasteiger partial charge in [-0.25, -0.2) is 8.42 Å². The normalized spacial score (nSPS) is 11.8. The molecular weight excluding hydrogens is 485 g/mol. The number of hydrogen-bond donors (Lipinski definition) is 2. The Hall–Kier alpha value is -3.99. The average molecular weight is 507 g/mol. The van der Waals surface area contributed by atoms with Gasteiger partial charge in [0.25, 0.3) is 10.0 Å². The number of methoxy groups -OCH3 is 2. The van der Waals surface area contributed by atoms with Gasteiger partial charge in [-0.1, -0.05) is 12.1 Å². The molecule has 7 nitrogen and oxygen atoms in total. The van der Waals surface area contributed by atoms with E-state index in [1.54, 1.807) is 24.3 Å². The largest absolute Gasteiger partial charge is 0.493 e. The minimum Gasteiger partial charge on any atom is -0.493 e. The van der Waals surface area contributed by atoms with E-state index in [4.69, 9.17) is 9.47 Å². The highest BCUT2D eigenvalue weighted by Crippen LogP contribution is 2.31. The lowest BCUT2D eigenvalue weighted by atomic mass is 10.2. The number of amides is 1. The van der Waals surface area contributed by atoms with E-state index in [1.165, 1.54) is 50.6 Å². The first kappa shape index (κ1) is 25.6. The number of halogens is 3. The number of hydrogen-bond acceptors (Lipinski definition) is 5. The van der Waals surface area contributed by atoms with Crippen LogP contribution in [0.25, 0.3) is 6.08 Å². The van der Waals surface area contributed by atoms with Crippen molar-refractivity contribution in [3.63, 3.8) is 0 Å². The maximum Gasteiger partial charge on any atom is 0.416 e. The summed E-state index contributed by atoms with van der Waals surface area (Å²) in [7, 11) is -1.14. The lowest BCUT2D eigenvalue weighted by molar-refractivity contribution is -0.137. The van der Waals surface area contributed by atoms with E-state index < -0.39 is 27.7 Å². The summed E-state index contributed by atoms with van der Waals surface area (Å²) >= 11 is 0. The van der Waals surface area contributed by atoms with Gasteiger partial charge in [0, 0.05) is 17.5 Å². The number of carbonyl (C=O) groups is 1. The van der Waals surface area contributed by atoms with E-state index in [2.05, 4.69) is 10.0 Å². The van der Waals surface area contributed by atoms with Crippen molar-refractivity contribution in [1.29, 1.82) is 0 Å². The van der Waals surface area contributed by atoms with Crippen LogP contribution in [0.1, 0.15) is 11.1 Å². The summed E-state index contributed by atoms with van der Waals surface area (Å²) in [4.78, 5) is 12.0. The summed E-state index contributed by atoms with van der Waals surface area (Å²) in [6, 6.07) is 14.2. The van der Waals surface area contributed by atoms with Crippen LogP contribution in [0.2, 0.25) is 0 Å². The van der Waals surface area contributed by atoms with Crippen molar-refractivity contribution in [3.05, 3.63) is 83.9 Å². The number of rotatable bonds is 8. The molecule has 184 valence electrons. The number of sulfonamides is 1.